The molecule has 0 spiro atoms. The van der Waals surface area contributed by atoms with Gasteiger partial charge in [0.1, 0.15) is 0 Å². The van der Waals surface area contributed by atoms with Crippen molar-refractivity contribution < 1.29 is 19.4 Å². The average Bonchev–Trinajstić information content (AvgIpc) is 2.43. The van der Waals surface area contributed by atoms with Crippen LogP contribution in [-0.4, -0.2) is 42.9 Å². The molecular weight excluding hydrogens is 260 g/mol. The molecule has 1 aliphatic rings. The molecule has 20 heavy (non-hydrogen) atoms. The number of urea groups is 1. The Morgan fingerprint density at radius 1 is 1.30 bits per heavy atom. The van der Waals surface area contributed by atoms with Gasteiger partial charge in [0.15, 0.2) is 0 Å². The molecule has 3 N–H and O–H groups in total. The van der Waals surface area contributed by atoms with Crippen molar-refractivity contribution in [1.29, 1.82) is 0 Å². The third kappa shape index (κ3) is 6.23. The molecule has 0 aromatic heterocycles. The molecule has 0 bridgehead atoms. The fourth-order valence-electron chi connectivity index (χ4n) is 2.46. The van der Waals surface area contributed by atoms with Crippen LogP contribution in [0.15, 0.2) is 0 Å². The van der Waals surface area contributed by atoms with E-state index < -0.39 is 5.97 Å². The third-order valence-electron chi connectivity index (χ3n) is 3.70. The first-order valence-corrected chi connectivity index (χ1v) is 7.37. The number of ether oxygens (including phenoxy) is 1. The Morgan fingerprint density at radius 3 is 2.50 bits per heavy atom. The lowest BCUT2D eigenvalue weighted by molar-refractivity contribution is -0.143. The van der Waals surface area contributed by atoms with Gasteiger partial charge in [-0.2, -0.15) is 0 Å². The molecular formula is C14H26N2O4. The summed E-state index contributed by atoms with van der Waals surface area (Å²) in [5, 5.41) is 14.6. The number of aliphatic carboxylic acids is 1. The van der Waals surface area contributed by atoms with Gasteiger partial charge in [0.2, 0.25) is 0 Å². The van der Waals surface area contributed by atoms with Crippen LogP contribution in [0.1, 0.15) is 39.5 Å². The number of amides is 2. The number of carbonyl (C=O) groups excluding carboxylic acids is 1. The lowest BCUT2D eigenvalue weighted by Gasteiger charge is -2.26. The maximum atomic E-state index is 11.7. The minimum absolute atomic E-state index is 0.0160. The average molecular weight is 286 g/mol. The molecule has 116 valence electrons. The number of hydrogen-bond acceptors (Lipinski definition) is 3. The summed E-state index contributed by atoms with van der Waals surface area (Å²) < 4.78 is 5.23. The first-order valence-electron chi connectivity index (χ1n) is 7.37. The summed E-state index contributed by atoms with van der Waals surface area (Å²) in [5.74, 6) is -0.510. The molecule has 0 saturated heterocycles. The predicted molar refractivity (Wildman–Crippen MR) is 75.6 cm³/mol. The molecule has 1 aliphatic carbocycles. The molecule has 6 nitrogen and oxygen atoms in total. The van der Waals surface area contributed by atoms with Crippen LogP contribution < -0.4 is 10.6 Å². The molecule has 1 saturated carbocycles. The minimum Gasteiger partial charge on any atom is -0.481 e. The van der Waals surface area contributed by atoms with Gasteiger partial charge >= 0.3 is 12.0 Å². The molecule has 1 rings (SSSR count). The Labute approximate surface area is 120 Å². The van der Waals surface area contributed by atoms with Crippen molar-refractivity contribution in [3.8, 4) is 0 Å². The molecule has 1 fully saturated rings. The smallest absolute Gasteiger partial charge is 0.315 e. The summed E-state index contributed by atoms with van der Waals surface area (Å²) in [6.45, 7) is 5.57. The van der Waals surface area contributed by atoms with Crippen LogP contribution in [0, 0.1) is 11.8 Å². The zero-order valence-electron chi connectivity index (χ0n) is 12.4. The highest BCUT2D eigenvalue weighted by Gasteiger charge is 2.25. The van der Waals surface area contributed by atoms with Gasteiger partial charge in [0.05, 0.1) is 18.6 Å². The van der Waals surface area contributed by atoms with E-state index in [0.717, 1.165) is 12.8 Å². The van der Waals surface area contributed by atoms with Gasteiger partial charge in [-0.3, -0.25) is 4.79 Å². The third-order valence-corrected chi connectivity index (χ3v) is 3.70. The highest BCUT2D eigenvalue weighted by molar-refractivity contribution is 5.74. The molecule has 2 amide bonds. The van der Waals surface area contributed by atoms with E-state index in [1.165, 1.54) is 0 Å². The first-order chi connectivity index (χ1) is 9.52. The zero-order chi connectivity index (χ0) is 15.0. The molecule has 0 aromatic carbocycles. The Balaban J connectivity index is 2.14. The van der Waals surface area contributed by atoms with E-state index in [1.807, 2.05) is 13.8 Å². The van der Waals surface area contributed by atoms with Crippen molar-refractivity contribution in [2.24, 2.45) is 11.8 Å². The number of hydrogen-bond donors (Lipinski definition) is 3. The molecule has 0 aliphatic heterocycles. The van der Waals surface area contributed by atoms with Gasteiger partial charge < -0.3 is 20.5 Å². The minimum atomic E-state index is -0.695. The van der Waals surface area contributed by atoms with Crippen LogP contribution in [0.2, 0.25) is 0 Å². The van der Waals surface area contributed by atoms with Gasteiger partial charge in [-0.05, 0) is 45.4 Å². The summed E-state index contributed by atoms with van der Waals surface area (Å²) >= 11 is 0. The summed E-state index contributed by atoms with van der Waals surface area (Å²) in [7, 11) is 0. The molecule has 1 unspecified atom stereocenters. The van der Waals surface area contributed by atoms with Gasteiger partial charge in [-0.15, -0.1) is 0 Å². The molecule has 0 aromatic rings. The summed E-state index contributed by atoms with van der Waals surface area (Å²) in [6, 6.07) is -0.199. The van der Waals surface area contributed by atoms with Gasteiger partial charge in [-0.1, -0.05) is 0 Å². The second kappa shape index (κ2) is 8.79. The fourth-order valence-corrected chi connectivity index (χ4v) is 2.46. The van der Waals surface area contributed by atoms with Crippen LogP contribution in [0.5, 0.6) is 0 Å². The molecule has 6 heteroatoms. The van der Waals surface area contributed by atoms with Crippen LogP contribution in [0.25, 0.3) is 0 Å². The first kappa shape index (κ1) is 16.8. The summed E-state index contributed by atoms with van der Waals surface area (Å²) in [6.07, 6.45) is 3.16. The Hall–Kier alpha value is -1.30. The second-order valence-electron chi connectivity index (χ2n) is 5.47. The lowest BCUT2D eigenvalue weighted by Crippen LogP contribution is -2.44. The van der Waals surface area contributed by atoms with Crippen molar-refractivity contribution in [2.75, 3.05) is 19.8 Å². The van der Waals surface area contributed by atoms with Crippen LogP contribution >= 0.6 is 0 Å². The zero-order valence-corrected chi connectivity index (χ0v) is 12.4. The highest BCUT2D eigenvalue weighted by atomic mass is 16.5. The van der Waals surface area contributed by atoms with Gasteiger partial charge in [0.25, 0.3) is 0 Å². The summed E-state index contributed by atoms with van der Waals surface area (Å²) in [4.78, 5) is 22.5. The Kier molecular flexibility index (Phi) is 7.36. The lowest BCUT2D eigenvalue weighted by atomic mass is 9.82. The van der Waals surface area contributed by atoms with E-state index in [9.17, 15) is 9.59 Å². The van der Waals surface area contributed by atoms with E-state index in [2.05, 4.69) is 10.6 Å². The van der Waals surface area contributed by atoms with Crippen molar-refractivity contribution in [3.05, 3.63) is 0 Å². The van der Waals surface area contributed by atoms with Gasteiger partial charge in [-0.25, -0.2) is 4.79 Å². The Bertz CT molecular complexity index is 314. The predicted octanol–water partition coefficient (Wildman–Crippen LogP) is 1.60. The molecule has 1 atom stereocenters. The normalized spacial score (nSPS) is 23.9. The van der Waals surface area contributed by atoms with Crippen molar-refractivity contribution in [1.82, 2.24) is 10.6 Å². The fraction of sp³-hybridized carbons (Fsp3) is 0.857. The van der Waals surface area contributed by atoms with Crippen molar-refractivity contribution >= 4 is 12.0 Å². The maximum absolute atomic E-state index is 11.7. The number of carbonyl (C=O) groups is 2. The highest BCUT2D eigenvalue weighted by Crippen LogP contribution is 2.28. The Morgan fingerprint density at radius 2 is 1.95 bits per heavy atom. The maximum Gasteiger partial charge on any atom is 0.315 e. The van der Waals surface area contributed by atoms with Crippen molar-refractivity contribution in [2.45, 2.75) is 45.6 Å². The van der Waals surface area contributed by atoms with E-state index in [0.29, 0.717) is 38.5 Å². The van der Waals surface area contributed by atoms with Crippen LogP contribution in [0.3, 0.4) is 0 Å². The van der Waals surface area contributed by atoms with E-state index in [1.54, 1.807) is 0 Å². The molecule has 0 radical (unpaired) electrons. The van der Waals surface area contributed by atoms with Gasteiger partial charge in [0, 0.05) is 13.2 Å². The van der Waals surface area contributed by atoms with E-state index in [-0.39, 0.29) is 18.0 Å². The van der Waals surface area contributed by atoms with Crippen LogP contribution in [0.4, 0.5) is 4.79 Å². The second-order valence-corrected chi connectivity index (χ2v) is 5.47. The standard InChI is InChI=1S/C14H26N2O4/c1-3-20-9-10(2)16-14(19)15-8-11-4-6-12(7-5-11)13(17)18/h10-12H,3-9H2,1-2H3,(H,17,18)(H2,15,16,19). The van der Waals surface area contributed by atoms with Crippen molar-refractivity contribution in [3.63, 3.8) is 0 Å². The monoisotopic (exact) mass is 286 g/mol. The number of nitrogens with one attached hydrogen (secondary N) is 2. The molecule has 0 heterocycles. The van der Waals surface area contributed by atoms with E-state index in [4.69, 9.17) is 9.84 Å². The SMILES string of the molecule is CCOCC(C)NC(=O)NCC1CCC(C(=O)O)CC1. The quantitative estimate of drug-likeness (QED) is 0.663. The topological polar surface area (TPSA) is 87.7 Å². The number of carboxylic acid groups (broad SMARTS) is 1. The number of carboxylic acids is 1. The number of rotatable bonds is 7. The van der Waals surface area contributed by atoms with Crippen LogP contribution in [-0.2, 0) is 9.53 Å². The largest absolute Gasteiger partial charge is 0.481 e. The van der Waals surface area contributed by atoms with E-state index >= 15 is 0 Å². The summed E-state index contributed by atoms with van der Waals surface area (Å²) in [5.41, 5.74) is 0.